The van der Waals surface area contributed by atoms with Gasteiger partial charge in [0.2, 0.25) is 5.95 Å². The van der Waals surface area contributed by atoms with E-state index in [0.717, 1.165) is 60.8 Å². The summed E-state index contributed by atoms with van der Waals surface area (Å²) in [4.78, 5) is 22.2. The van der Waals surface area contributed by atoms with Crippen LogP contribution in [0.5, 0.6) is 0 Å². The Hall–Kier alpha value is -1.42. The minimum absolute atomic E-state index is 0.0207. The number of hydrogen-bond acceptors (Lipinski definition) is 5. The van der Waals surface area contributed by atoms with E-state index in [9.17, 15) is 4.79 Å². The molecule has 1 aromatic rings. The first kappa shape index (κ1) is 22.8. The summed E-state index contributed by atoms with van der Waals surface area (Å²) in [5, 5.41) is 5.08. The number of nitrogens with one attached hydrogen (secondary N) is 1. The van der Waals surface area contributed by atoms with E-state index in [-0.39, 0.29) is 11.3 Å². The van der Waals surface area contributed by atoms with Crippen molar-refractivity contribution in [3.05, 3.63) is 51.3 Å². The standard InChI is InChI=1S/C22H29FN4OP2S/c1-3-13(11-14(29)4-2)27-10-7-16-18(22(27)28)31-21(24-16)15-12-17(30)20(25-19(15)23)26-8-5-6-9-26/h3,11-12,21,24H,4-10,29-30H2,1-2H3/b13-3+,14-11+. The van der Waals surface area contributed by atoms with Gasteiger partial charge in [-0.3, -0.25) is 4.79 Å². The van der Waals surface area contributed by atoms with E-state index in [1.165, 1.54) is 11.8 Å². The maximum absolute atomic E-state index is 15.0. The molecule has 3 atom stereocenters. The van der Waals surface area contributed by atoms with E-state index in [2.05, 4.69) is 40.6 Å². The second-order valence-corrected chi connectivity index (χ2v) is 10.4. The molecule has 0 saturated carbocycles. The van der Waals surface area contributed by atoms with Crippen molar-refractivity contribution >= 4 is 47.3 Å². The quantitative estimate of drug-likeness (QED) is 0.391. The highest BCUT2D eigenvalue weighted by molar-refractivity contribution is 8.04. The molecule has 0 aromatic carbocycles. The lowest BCUT2D eigenvalue weighted by molar-refractivity contribution is -0.125. The van der Waals surface area contributed by atoms with Crippen LogP contribution in [0.4, 0.5) is 10.2 Å². The van der Waals surface area contributed by atoms with E-state index >= 15 is 4.39 Å². The lowest BCUT2D eigenvalue weighted by Crippen LogP contribution is -2.36. The number of carbonyl (C=O) groups excluding carboxylic acids is 1. The fourth-order valence-electron chi connectivity index (χ4n) is 4.13. The Bertz CT molecular complexity index is 988. The van der Waals surface area contributed by atoms with E-state index in [1.54, 1.807) is 0 Å². The van der Waals surface area contributed by atoms with Gasteiger partial charge in [0.25, 0.3) is 5.91 Å². The molecule has 0 bridgehead atoms. The van der Waals surface area contributed by atoms with E-state index in [4.69, 9.17) is 0 Å². The number of allylic oxidation sites excluding steroid dienone is 3. The summed E-state index contributed by atoms with van der Waals surface area (Å²) in [5.74, 6) is 0.225. The molecule has 0 radical (unpaired) electrons. The molecule has 3 aliphatic heterocycles. The van der Waals surface area contributed by atoms with Crippen LogP contribution in [-0.2, 0) is 4.79 Å². The maximum atomic E-state index is 15.0. The second-order valence-electron chi connectivity index (χ2n) is 7.92. The van der Waals surface area contributed by atoms with Crippen molar-refractivity contribution in [1.82, 2.24) is 15.2 Å². The fourth-order valence-corrected chi connectivity index (χ4v) is 5.97. The largest absolute Gasteiger partial charge is 0.371 e. The van der Waals surface area contributed by atoms with Gasteiger partial charge in [0.05, 0.1) is 4.91 Å². The lowest BCUT2D eigenvalue weighted by atomic mass is 10.1. The number of pyridine rings is 1. The number of hydrogen-bond donors (Lipinski definition) is 1. The van der Waals surface area contributed by atoms with Gasteiger partial charge in [0.1, 0.15) is 11.2 Å². The molecule has 1 aromatic heterocycles. The maximum Gasteiger partial charge on any atom is 0.266 e. The molecule has 166 valence electrons. The Labute approximate surface area is 192 Å². The Kier molecular flexibility index (Phi) is 7.05. The van der Waals surface area contributed by atoms with E-state index in [0.29, 0.717) is 22.8 Å². The zero-order chi connectivity index (χ0) is 22.1. The molecule has 3 unspecified atom stereocenters. The van der Waals surface area contributed by atoms with Crippen molar-refractivity contribution in [3.63, 3.8) is 0 Å². The fraction of sp³-hybridized carbons (Fsp3) is 0.455. The highest BCUT2D eigenvalue weighted by atomic mass is 32.2. The molecule has 0 spiro atoms. The van der Waals surface area contributed by atoms with Gasteiger partial charge in [-0.15, -0.1) is 18.5 Å². The summed E-state index contributed by atoms with van der Waals surface area (Å²) in [6.07, 6.45) is 7.87. The molecule has 3 aliphatic rings. The van der Waals surface area contributed by atoms with Crippen LogP contribution in [0.2, 0.25) is 0 Å². The number of amides is 1. The van der Waals surface area contributed by atoms with Gasteiger partial charge < -0.3 is 15.1 Å². The van der Waals surface area contributed by atoms with Crippen LogP contribution in [0.15, 0.2) is 39.8 Å². The summed E-state index contributed by atoms with van der Waals surface area (Å²) < 4.78 is 15.0. The normalized spacial score (nSPS) is 22.4. The van der Waals surface area contributed by atoms with Crippen molar-refractivity contribution in [2.24, 2.45) is 0 Å². The Morgan fingerprint density at radius 2 is 2.13 bits per heavy atom. The number of rotatable bonds is 5. The summed E-state index contributed by atoms with van der Waals surface area (Å²) >= 11 is 1.39. The Balaban J connectivity index is 1.54. The van der Waals surface area contributed by atoms with Gasteiger partial charge in [0.15, 0.2) is 0 Å². The van der Waals surface area contributed by atoms with Crippen molar-refractivity contribution in [3.8, 4) is 0 Å². The number of nitrogens with zero attached hydrogens (tertiary/aromatic N) is 3. The molecule has 31 heavy (non-hydrogen) atoms. The molecule has 1 amide bonds. The smallest absolute Gasteiger partial charge is 0.266 e. The van der Waals surface area contributed by atoms with Gasteiger partial charge in [0, 0.05) is 48.3 Å². The van der Waals surface area contributed by atoms with Crippen LogP contribution in [0.3, 0.4) is 0 Å². The molecular formula is C22H29FN4OP2S. The molecule has 5 nitrogen and oxygen atoms in total. The van der Waals surface area contributed by atoms with E-state index < -0.39 is 5.95 Å². The molecular weight excluding hydrogens is 449 g/mol. The first-order valence-corrected chi connectivity index (χ1v) is 12.8. The molecule has 0 aliphatic carbocycles. The van der Waals surface area contributed by atoms with Crippen molar-refractivity contribution < 1.29 is 9.18 Å². The predicted octanol–water partition coefficient (Wildman–Crippen LogP) is 4.17. The number of thioether (sulfide) groups is 1. The Morgan fingerprint density at radius 3 is 2.81 bits per heavy atom. The van der Waals surface area contributed by atoms with Crippen LogP contribution in [0.25, 0.3) is 0 Å². The van der Waals surface area contributed by atoms with Crippen LogP contribution >= 0.6 is 30.2 Å². The summed E-state index contributed by atoms with van der Waals surface area (Å²) in [6, 6.07) is 1.86. The number of anilines is 1. The molecule has 4 rings (SSSR count). The number of halogens is 1. The lowest BCUT2D eigenvalue weighted by Gasteiger charge is -2.28. The second kappa shape index (κ2) is 9.60. The minimum atomic E-state index is -0.463. The minimum Gasteiger partial charge on any atom is -0.371 e. The zero-order valence-electron chi connectivity index (χ0n) is 17.9. The third kappa shape index (κ3) is 4.55. The van der Waals surface area contributed by atoms with Crippen LogP contribution in [-0.4, -0.2) is 35.4 Å². The third-order valence-electron chi connectivity index (χ3n) is 5.89. The van der Waals surface area contributed by atoms with Gasteiger partial charge in [-0.1, -0.05) is 30.1 Å². The van der Waals surface area contributed by atoms with Gasteiger partial charge >= 0.3 is 0 Å². The summed E-state index contributed by atoms with van der Waals surface area (Å²) in [7, 11) is 5.43. The average Bonchev–Trinajstić information content (AvgIpc) is 3.44. The molecule has 9 heteroatoms. The topological polar surface area (TPSA) is 48.5 Å². The predicted molar refractivity (Wildman–Crippen MR) is 134 cm³/mol. The van der Waals surface area contributed by atoms with Crippen molar-refractivity contribution in [1.29, 1.82) is 0 Å². The zero-order valence-corrected chi connectivity index (χ0v) is 21.1. The average molecular weight is 479 g/mol. The molecule has 4 heterocycles. The monoisotopic (exact) mass is 478 g/mol. The molecule has 1 N–H and O–H groups in total. The van der Waals surface area contributed by atoms with Crippen LogP contribution in [0, 0.1) is 5.95 Å². The third-order valence-corrected chi connectivity index (χ3v) is 8.15. The van der Waals surface area contributed by atoms with E-state index in [1.807, 2.05) is 30.0 Å². The van der Waals surface area contributed by atoms with Crippen molar-refractivity contribution in [2.45, 2.75) is 44.9 Å². The molecule has 1 fully saturated rings. The highest BCUT2D eigenvalue weighted by Crippen LogP contribution is 2.45. The van der Waals surface area contributed by atoms with Gasteiger partial charge in [-0.05, 0) is 38.3 Å². The Morgan fingerprint density at radius 1 is 1.39 bits per heavy atom. The number of carbonyl (C=O) groups is 1. The first-order chi connectivity index (χ1) is 14.9. The van der Waals surface area contributed by atoms with Gasteiger partial charge in [-0.25, -0.2) is 4.98 Å². The SMILES string of the molecule is C/C=C(\C=C(\P)CC)N1CCC2=C(SC(c3cc(P)c(N4CCCC4)nc3F)N2)C1=O. The first-order valence-electron chi connectivity index (χ1n) is 10.7. The van der Waals surface area contributed by atoms with Crippen LogP contribution < -0.4 is 15.5 Å². The molecule has 1 saturated heterocycles. The van der Waals surface area contributed by atoms with Crippen LogP contribution in [0.1, 0.15) is 50.5 Å². The van der Waals surface area contributed by atoms with Gasteiger partial charge in [-0.2, -0.15) is 4.39 Å². The summed E-state index contributed by atoms with van der Waals surface area (Å²) in [5.41, 5.74) is 2.31. The van der Waals surface area contributed by atoms with Crippen molar-refractivity contribution in [2.75, 3.05) is 24.5 Å². The summed E-state index contributed by atoms with van der Waals surface area (Å²) in [6.45, 7) is 6.48. The number of aromatic nitrogens is 1. The highest BCUT2D eigenvalue weighted by Gasteiger charge is 2.38.